The number of hydrogen-bond donors (Lipinski definition) is 0. The number of thioether (sulfide) groups is 1. The van der Waals surface area contributed by atoms with Gasteiger partial charge in [0, 0.05) is 24.2 Å². The minimum absolute atomic E-state index is 0.129. The first kappa shape index (κ1) is 11.1. The van der Waals surface area contributed by atoms with Crippen molar-refractivity contribution in [2.75, 3.05) is 18.1 Å². The average Bonchev–Trinajstić information content (AvgIpc) is 2.79. The molecule has 1 saturated carbocycles. The van der Waals surface area contributed by atoms with Gasteiger partial charge in [0.2, 0.25) is 0 Å². The zero-order chi connectivity index (χ0) is 11.0. The van der Waals surface area contributed by atoms with E-state index in [0.29, 0.717) is 17.6 Å². The molecule has 3 fully saturated rings. The van der Waals surface area contributed by atoms with Crippen LogP contribution < -0.4 is 0 Å². The van der Waals surface area contributed by atoms with Crippen molar-refractivity contribution in [3.05, 3.63) is 0 Å². The Hall–Kier alpha value is -0.0200. The average molecular weight is 240 g/mol. The summed E-state index contributed by atoms with van der Waals surface area (Å²) in [4.78, 5) is 12.4. The number of ketones is 1. The van der Waals surface area contributed by atoms with Gasteiger partial charge in [0.05, 0.1) is 5.60 Å². The molecule has 2 atom stereocenters. The number of ether oxygens (including phenoxy) is 1. The lowest BCUT2D eigenvalue weighted by molar-refractivity contribution is -0.157. The van der Waals surface area contributed by atoms with Crippen LogP contribution in [0.5, 0.6) is 0 Å². The number of carbonyl (C=O) groups excluding carboxylic acids is 1. The highest BCUT2D eigenvalue weighted by atomic mass is 32.2. The number of Topliss-reactive ketones (excluding diaryl/α,β-unsaturated/α-hetero) is 1. The fraction of sp³-hybridized carbons (Fsp3) is 0.923. The molecule has 2 saturated heterocycles. The van der Waals surface area contributed by atoms with Crippen molar-refractivity contribution < 1.29 is 9.53 Å². The minimum atomic E-state index is 0.129. The van der Waals surface area contributed by atoms with E-state index in [0.717, 1.165) is 31.6 Å². The first-order valence-corrected chi connectivity index (χ1v) is 7.70. The summed E-state index contributed by atoms with van der Waals surface area (Å²) in [6.07, 6.45) is 6.79. The summed E-state index contributed by atoms with van der Waals surface area (Å²) in [5, 5.41) is 0. The van der Waals surface area contributed by atoms with Crippen LogP contribution in [0, 0.1) is 11.8 Å². The molecule has 3 rings (SSSR count). The Morgan fingerprint density at radius 2 is 2.12 bits per heavy atom. The Morgan fingerprint density at radius 3 is 2.75 bits per heavy atom. The highest BCUT2D eigenvalue weighted by molar-refractivity contribution is 7.99. The van der Waals surface area contributed by atoms with Crippen LogP contribution in [0.25, 0.3) is 0 Å². The third kappa shape index (κ3) is 1.92. The van der Waals surface area contributed by atoms with Crippen molar-refractivity contribution >= 4 is 17.5 Å². The second kappa shape index (κ2) is 4.34. The lowest BCUT2D eigenvalue weighted by atomic mass is 9.70. The zero-order valence-electron chi connectivity index (χ0n) is 9.74. The molecule has 0 N–H and O–H groups in total. The summed E-state index contributed by atoms with van der Waals surface area (Å²) < 4.78 is 5.89. The lowest BCUT2D eigenvalue weighted by Gasteiger charge is -2.47. The third-order valence-electron chi connectivity index (χ3n) is 4.49. The van der Waals surface area contributed by atoms with Gasteiger partial charge in [-0.3, -0.25) is 4.79 Å². The van der Waals surface area contributed by atoms with Gasteiger partial charge in [-0.2, -0.15) is 11.8 Å². The Balaban J connectivity index is 1.63. The van der Waals surface area contributed by atoms with E-state index in [9.17, 15) is 4.79 Å². The third-order valence-corrected chi connectivity index (χ3v) is 5.65. The predicted octanol–water partition coefficient (Wildman–Crippen LogP) is 2.66. The van der Waals surface area contributed by atoms with Crippen LogP contribution in [-0.2, 0) is 9.53 Å². The molecule has 2 nitrogen and oxygen atoms in total. The van der Waals surface area contributed by atoms with Gasteiger partial charge in [-0.05, 0) is 44.3 Å². The maximum absolute atomic E-state index is 12.4. The molecule has 0 radical (unpaired) electrons. The van der Waals surface area contributed by atoms with Crippen LogP contribution in [0.1, 0.15) is 38.5 Å². The summed E-state index contributed by atoms with van der Waals surface area (Å²) in [5.41, 5.74) is 0.129. The molecule has 0 aromatic carbocycles. The highest BCUT2D eigenvalue weighted by Gasteiger charge is 2.45. The minimum Gasteiger partial charge on any atom is -0.375 e. The maximum atomic E-state index is 12.4. The van der Waals surface area contributed by atoms with Crippen molar-refractivity contribution in [1.29, 1.82) is 0 Å². The van der Waals surface area contributed by atoms with Crippen LogP contribution in [0.15, 0.2) is 0 Å². The fourth-order valence-electron chi connectivity index (χ4n) is 3.28. The van der Waals surface area contributed by atoms with Crippen molar-refractivity contribution in [2.24, 2.45) is 11.8 Å². The molecule has 3 heteroatoms. The van der Waals surface area contributed by atoms with E-state index >= 15 is 0 Å². The predicted molar refractivity (Wildman–Crippen MR) is 65.7 cm³/mol. The van der Waals surface area contributed by atoms with Gasteiger partial charge in [-0.15, -0.1) is 0 Å². The smallest absolute Gasteiger partial charge is 0.140 e. The summed E-state index contributed by atoms with van der Waals surface area (Å²) in [7, 11) is 0. The van der Waals surface area contributed by atoms with Gasteiger partial charge >= 0.3 is 0 Å². The molecule has 3 aliphatic rings. The summed E-state index contributed by atoms with van der Waals surface area (Å²) in [6, 6.07) is 0. The molecule has 1 aliphatic carbocycles. The van der Waals surface area contributed by atoms with E-state index < -0.39 is 0 Å². The first-order chi connectivity index (χ1) is 7.79. The van der Waals surface area contributed by atoms with Crippen LogP contribution in [0.4, 0.5) is 0 Å². The highest BCUT2D eigenvalue weighted by Crippen LogP contribution is 2.45. The van der Waals surface area contributed by atoms with Gasteiger partial charge in [0.1, 0.15) is 5.78 Å². The molecule has 2 aliphatic heterocycles. The number of hydrogen-bond acceptors (Lipinski definition) is 3. The van der Waals surface area contributed by atoms with Gasteiger partial charge in [-0.1, -0.05) is 0 Å². The molecule has 2 unspecified atom stereocenters. The monoisotopic (exact) mass is 240 g/mol. The Morgan fingerprint density at radius 1 is 1.25 bits per heavy atom. The molecule has 0 amide bonds. The first-order valence-electron chi connectivity index (χ1n) is 6.55. The topological polar surface area (TPSA) is 26.3 Å². The summed E-state index contributed by atoms with van der Waals surface area (Å²) in [5.74, 6) is 3.50. The molecule has 2 heterocycles. The Kier molecular flexibility index (Phi) is 3.01. The van der Waals surface area contributed by atoms with Crippen LogP contribution in [0.2, 0.25) is 0 Å². The van der Waals surface area contributed by atoms with Gasteiger partial charge in [0.15, 0.2) is 0 Å². The summed E-state index contributed by atoms with van der Waals surface area (Å²) >= 11 is 1.94. The molecule has 16 heavy (non-hydrogen) atoms. The zero-order valence-corrected chi connectivity index (χ0v) is 10.6. The standard InChI is InChI=1S/C13H20O2S/c14-12(11-3-7-16-9-11)10-2-6-15-13(8-10)4-1-5-13/h10-11H,1-9H2. The maximum Gasteiger partial charge on any atom is 0.140 e. The van der Waals surface area contributed by atoms with Crippen molar-refractivity contribution in [3.63, 3.8) is 0 Å². The second-order valence-electron chi connectivity index (χ2n) is 5.54. The fourth-order valence-corrected chi connectivity index (χ4v) is 4.52. The van der Waals surface area contributed by atoms with Crippen LogP contribution in [0.3, 0.4) is 0 Å². The Bertz CT molecular complexity index is 280. The number of rotatable bonds is 2. The normalized spacial score (nSPS) is 37.2. The molecule has 0 aromatic rings. The van der Waals surface area contributed by atoms with E-state index in [1.165, 1.54) is 25.0 Å². The molecule has 0 bridgehead atoms. The molecule has 90 valence electrons. The molecule has 1 spiro atoms. The van der Waals surface area contributed by atoms with Gasteiger partial charge in [0.25, 0.3) is 0 Å². The summed E-state index contributed by atoms with van der Waals surface area (Å²) in [6.45, 7) is 0.816. The largest absolute Gasteiger partial charge is 0.375 e. The van der Waals surface area contributed by atoms with E-state index in [1.807, 2.05) is 11.8 Å². The Labute approximate surface area is 101 Å². The quantitative estimate of drug-likeness (QED) is 0.742. The van der Waals surface area contributed by atoms with Crippen molar-refractivity contribution in [3.8, 4) is 0 Å². The van der Waals surface area contributed by atoms with E-state index in [1.54, 1.807) is 0 Å². The van der Waals surface area contributed by atoms with Crippen molar-refractivity contribution in [1.82, 2.24) is 0 Å². The van der Waals surface area contributed by atoms with E-state index in [-0.39, 0.29) is 5.60 Å². The van der Waals surface area contributed by atoms with Gasteiger partial charge in [-0.25, -0.2) is 0 Å². The number of carbonyl (C=O) groups is 1. The van der Waals surface area contributed by atoms with Crippen LogP contribution >= 0.6 is 11.8 Å². The molecular formula is C13H20O2S. The second-order valence-corrected chi connectivity index (χ2v) is 6.69. The van der Waals surface area contributed by atoms with E-state index in [4.69, 9.17) is 4.74 Å². The van der Waals surface area contributed by atoms with E-state index in [2.05, 4.69) is 0 Å². The SMILES string of the molecule is O=C(C1CCSC1)C1CCOC2(CCC2)C1. The van der Waals surface area contributed by atoms with Gasteiger partial charge < -0.3 is 4.74 Å². The molecule has 0 aromatic heterocycles. The van der Waals surface area contributed by atoms with Crippen LogP contribution in [-0.4, -0.2) is 29.5 Å². The lowest BCUT2D eigenvalue weighted by Crippen LogP contribution is -2.47. The molecular weight excluding hydrogens is 220 g/mol. The van der Waals surface area contributed by atoms with Crippen molar-refractivity contribution in [2.45, 2.75) is 44.1 Å².